The van der Waals surface area contributed by atoms with E-state index in [1.54, 1.807) is 54.6 Å². The number of methoxy groups -OCH3 is 1. The van der Waals surface area contributed by atoms with Crippen LogP contribution in [-0.4, -0.2) is 37.9 Å². The number of anilines is 1. The maximum Gasteiger partial charge on any atom is 0.261 e. The first kappa shape index (κ1) is 21.1. The Bertz CT molecular complexity index is 1020. The van der Waals surface area contributed by atoms with Crippen molar-refractivity contribution in [1.29, 1.82) is 0 Å². The van der Waals surface area contributed by atoms with Crippen LogP contribution in [0.2, 0.25) is 0 Å². The summed E-state index contributed by atoms with van der Waals surface area (Å²) in [5.74, 6) is -0.235. The summed E-state index contributed by atoms with van der Waals surface area (Å²) in [6.45, 7) is 0.637. The van der Waals surface area contributed by atoms with Crippen molar-refractivity contribution in [3.8, 4) is 5.75 Å². The van der Waals surface area contributed by atoms with Crippen LogP contribution in [0.3, 0.4) is 0 Å². The number of amides is 3. The minimum absolute atomic E-state index is 0.158. The number of benzene rings is 2. The van der Waals surface area contributed by atoms with Crippen molar-refractivity contribution in [2.75, 3.05) is 25.5 Å². The first-order valence-electron chi connectivity index (χ1n) is 9.23. The molecule has 7 nitrogen and oxygen atoms in total. The Morgan fingerprint density at radius 3 is 2.20 bits per heavy atom. The summed E-state index contributed by atoms with van der Waals surface area (Å²) in [6, 6.07) is 17.0. The third kappa shape index (κ3) is 5.45. The van der Waals surface area contributed by atoms with Crippen LogP contribution in [0.4, 0.5) is 5.69 Å². The van der Waals surface area contributed by atoms with Gasteiger partial charge in [-0.3, -0.25) is 14.4 Å². The van der Waals surface area contributed by atoms with Crippen LogP contribution < -0.4 is 20.7 Å². The van der Waals surface area contributed by atoms with Gasteiger partial charge in [0, 0.05) is 24.3 Å². The highest BCUT2D eigenvalue weighted by Crippen LogP contribution is 2.19. The van der Waals surface area contributed by atoms with Gasteiger partial charge in [0.05, 0.1) is 17.6 Å². The molecule has 0 fully saturated rings. The van der Waals surface area contributed by atoms with Crippen LogP contribution in [0.25, 0.3) is 0 Å². The summed E-state index contributed by atoms with van der Waals surface area (Å²) in [5, 5.41) is 10.1. The van der Waals surface area contributed by atoms with Gasteiger partial charge in [-0.25, -0.2) is 0 Å². The highest BCUT2D eigenvalue weighted by Gasteiger charge is 2.12. The largest absolute Gasteiger partial charge is 0.496 e. The van der Waals surface area contributed by atoms with Gasteiger partial charge in [0.1, 0.15) is 5.75 Å². The van der Waals surface area contributed by atoms with Crippen molar-refractivity contribution in [3.05, 3.63) is 82.0 Å². The molecule has 3 rings (SSSR count). The summed E-state index contributed by atoms with van der Waals surface area (Å²) in [5.41, 5.74) is 1.44. The highest BCUT2D eigenvalue weighted by molar-refractivity contribution is 7.12. The zero-order valence-corrected chi connectivity index (χ0v) is 17.1. The molecule has 1 heterocycles. The predicted molar refractivity (Wildman–Crippen MR) is 116 cm³/mol. The van der Waals surface area contributed by atoms with E-state index in [1.807, 2.05) is 11.4 Å². The zero-order chi connectivity index (χ0) is 21.3. The molecule has 0 bridgehead atoms. The first-order valence-corrected chi connectivity index (χ1v) is 10.1. The maximum absolute atomic E-state index is 12.4. The van der Waals surface area contributed by atoms with Crippen LogP contribution in [0, 0.1) is 0 Å². The number of ether oxygens (including phenoxy) is 1. The van der Waals surface area contributed by atoms with Crippen molar-refractivity contribution in [2.45, 2.75) is 0 Å². The van der Waals surface area contributed by atoms with E-state index in [2.05, 4.69) is 16.0 Å². The number of nitrogens with one attached hydrogen (secondary N) is 3. The number of hydrogen-bond donors (Lipinski definition) is 3. The molecule has 0 atom stereocenters. The molecule has 0 radical (unpaired) electrons. The Morgan fingerprint density at radius 1 is 0.833 bits per heavy atom. The summed E-state index contributed by atoms with van der Waals surface area (Å²) in [7, 11) is 1.51. The molecule has 3 aromatic rings. The SMILES string of the molecule is COc1ccccc1C(=O)Nc1ccc(C(=O)NCCNC(=O)c2cccs2)cc1. The molecule has 3 amide bonds. The Labute approximate surface area is 178 Å². The monoisotopic (exact) mass is 423 g/mol. The number of para-hydroxylation sites is 1. The molecular formula is C22H21N3O4S. The first-order chi connectivity index (χ1) is 14.6. The van der Waals surface area contributed by atoms with Crippen LogP contribution in [0.5, 0.6) is 5.75 Å². The summed E-state index contributed by atoms with van der Waals surface area (Å²) in [6.07, 6.45) is 0. The van der Waals surface area contributed by atoms with Gasteiger partial charge in [-0.2, -0.15) is 0 Å². The number of rotatable bonds is 8. The average Bonchev–Trinajstić information content (AvgIpc) is 3.32. The van der Waals surface area contributed by atoms with Crippen LogP contribution in [-0.2, 0) is 0 Å². The topological polar surface area (TPSA) is 96.5 Å². The van der Waals surface area contributed by atoms with E-state index in [1.165, 1.54) is 18.4 Å². The standard InChI is InChI=1S/C22H21N3O4S/c1-29-18-6-3-2-5-17(18)21(27)25-16-10-8-15(9-11-16)20(26)23-12-13-24-22(28)19-7-4-14-30-19/h2-11,14H,12-13H2,1H3,(H,23,26)(H,24,28)(H,25,27). The summed E-state index contributed by atoms with van der Waals surface area (Å²) < 4.78 is 5.20. The van der Waals surface area contributed by atoms with Crippen molar-refractivity contribution in [2.24, 2.45) is 0 Å². The molecule has 0 aliphatic heterocycles. The second kappa shape index (κ2) is 10.2. The number of thiophene rings is 1. The van der Waals surface area contributed by atoms with Crippen LogP contribution >= 0.6 is 11.3 Å². The van der Waals surface area contributed by atoms with Crippen molar-refractivity contribution in [3.63, 3.8) is 0 Å². The van der Waals surface area contributed by atoms with Crippen molar-refractivity contribution in [1.82, 2.24) is 10.6 Å². The van der Waals surface area contributed by atoms with Gasteiger partial charge >= 0.3 is 0 Å². The van der Waals surface area contributed by atoms with Gasteiger partial charge in [0.15, 0.2) is 0 Å². The molecule has 154 valence electrons. The zero-order valence-electron chi connectivity index (χ0n) is 16.3. The number of carbonyl (C=O) groups excluding carboxylic acids is 3. The minimum atomic E-state index is -0.300. The van der Waals surface area contributed by atoms with Crippen LogP contribution in [0.15, 0.2) is 66.0 Å². The lowest BCUT2D eigenvalue weighted by molar-refractivity contribution is 0.0929. The Balaban J connectivity index is 1.48. The fourth-order valence-electron chi connectivity index (χ4n) is 2.68. The Hall–Kier alpha value is -3.65. The number of carbonyl (C=O) groups is 3. The molecule has 0 aliphatic carbocycles. The molecule has 0 unspecified atom stereocenters. The normalized spacial score (nSPS) is 10.2. The molecule has 0 saturated carbocycles. The lowest BCUT2D eigenvalue weighted by Crippen LogP contribution is -2.34. The van der Waals surface area contributed by atoms with E-state index in [9.17, 15) is 14.4 Å². The van der Waals surface area contributed by atoms with E-state index in [0.717, 1.165) is 0 Å². The third-order valence-corrected chi connectivity index (χ3v) is 5.07. The average molecular weight is 423 g/mol. The molecule has 0 aliphatic rings. The smallest absolute Gasteiger partial charge is 0.261 e. The third-order valence-electron chi connectivity index (χ3n) is 4.20. The van der Waals surface area contributed by atoms with E-state index in [0.29, 0.717) is 40.5 Å². The fraction of sp³-hybridized carbons (Fsp3) is 0.136. The van der Waals surface area contributed by atoms with Crippen molar-refractivity contribution < 1.29 is 19.1 Å². The highest BCUT2D eigenvalue weighted by atomic mass is 32.1. The number of hydrogen-bond acceptors (Lipinski definition) is 5. The lowest BCUT2D eigenvalue weighted by atomic mass is 10.1. The van der Waals surface area contributed by atoms with E-state index in [4.69, 9.17) is 4.74 Å². The van der Waals surface area contributed by atoms with Gasteiger partial charge in [-0.05, 0) is 47.8 Å². The van der Waals surface area contributed by atoms with E-state index >= 15 is 0 Å². The minimum Gasteiger partial charge on any atom is -0.496 e. The lowest BCUT2D eigenvalue weighted by Gasteiger charge is -2.10. The summed E-state index contributed by atoms with van der Waals surface area (Å²) in [4.78, 5) is 37.1. The van der Waals surface area contributed by atoms with Gasteiger partial charge in [-0.1, -0.05) is 18.2 Å². The summed E-state index contributed by atoms with van der Waals surface area (Å²) >= 11 is 1.36. The molecule has 3 N–H and O–H groups in total. The molecule has 2 aromatic carbocycles. The second-order valence-electron chi connectivity index (χ2n) is 6.22. The molecule has 1 aromatic heterocycles. The molecule has 30 heavy (non-hydrogen) atoms. The second-order valence-corrected chi connectivity index (χ2v) is 7.17. The van der Waals surface area contributed by atoms with E-state index < -0.39 is 0 Å². The molecule has 0 spiro atoms. The van der Waals surface area contributed by atoms with Gasteiger partial charge in [0.25, 0.3) is 17.7 Å². The van der Waals surface area contributed by atoms with Gasteiger partial charge < -0.3 is 20.7 Å². The molecular weight excluding hydrogens is 402 g/mol. The Kier molecular flexibility index (Phi) is 7.18. The van der Waals surface area contributed by atoms with Crippen molar-refractivity contribution >= 4 is 34.7 Å². The quantitative estimate of drug-likeness (QED) is 0.485. The van der Waals surface area contributed by atoms with E-state index in [-0.39, 0.29) is 17.7 Å². The van der Waals surface area contributed by atoms with Gasteiger partial charge in [0.2, 0.25) is 0 Å². The van der Waals surface area contributed by atoms with Crippen LogP contribution in [0.1, 0.15) is 30.4 Å². The fourth-order valence-corrected chi connectivity index (χ4v) is 3.32. The van der Waals surface area contributed by atoms with Gasteiger partial charge in [-0.15, -0.1) is 11.3 Å². The Morgan fingerprint density at radius 2 is 1.53 bits per heavy atom. The maximum atomic E-state index is 12.4. The molecule has 8 heteroatoms. The predicted octanol–water partition coefficient (Wildman–Crippen LogP) is 3.17. The molecule has 0 saturated heterocycles.